The van der Waals surface area contributed by atoms with Crippen LogP contribution in [0.2, 0.25) is 0 Å². The van der Waals surface area contributed by atoms with Gasteiger partial charge < -0.3 is 14.7 Å². The van der Waals surface area contributed by atoms with Crippen LogP contribution in [0, 0.1) is 5.92 Å². The Morgan fingerprint density at radius 3 is 2.28 bits per heavy atom. The minimum absolute atomic E-state index is 0.0432. The maximum Gasteiger partial charge on any atom is 0.245 e. The van der Waals surface area contributed by atoms with Gasteiger partial charge >= 0.3 is 0 Å². The van der Waals surface area contributed by atoms with Crippen molar-refractivity contribution in [1.82, 2.24) is 14.7 Å². The second-order valence-electron chi connectivity index (χ2n) is 5.23. The smallest absolute Gasteiger partial charge is 0.245 e. The molecule has 0 bridgehead atoms. The second-order valence-corrected chi connectivity index (χ2v) is 5.23. The summed E-state index contributed by atoms with van der Waals surface area (Å²) in [5, 5.41) is 0. The fraction of sp³-hybridized carbons (Fsp3) is 0.750. The van der Waals surface area contributed by atoms with E-state index in [9.17, 15) is 14.4 Å². The zero-order valence-electron chi connectivity index (χ0n) is 11.2. The monoisotopic (exact) mass is 253 g/mol. The minimum atomic E-state index is -0.503. The number of likely N-dealkylation sites (N-methyl/N-ethyl adjacent to an activating group) is 2. The number of amides is 3. The van der Waals surface area contributed by atoms with Crippen LogP contribution in [0.3, 0.4) is 0 Å². The average molecular weight is 253 g/mol. The highest BCUT2D eigenvalue weighted by atomic mass is 16.2. The van der Waals surface area contributed by atoms with Gasteiger partial charge in [-0.1, -0.05) is 6.92 Å². The van der Waals surface area contributed by atoms with Crippen LogP contribution in [0.15, 0.2) is 0 Å². The van der Waals surface area contributed by atoms with Gasteiger partial charge in [-0.25, -0.2) is 0 Å². The third-order valence-corrected chi connectivity index (χ3v) is 3.91. The number of carbonyl (C=O) groups is 3. The van der Waals surface area contributed by atoms with E-state index in [2.05, 4.69) is 0 Å². The number of rotatable bonds is 0. The van der Waals surface area contributed by atoms with E-state index in [1.807, 2.05) is 0 Å². The number of hydrogen-bond donors (Lipinski definition) is 0. The Morgan fingerprint density at radius 1 is 1.06 bits per heavy atom. The van der Waals surface area contributed by atoms with E-state index in [1.54, 1.807) is 42.6 Å². The van der Waals surface area contributed by atoms with Crippen molar-refractivity contribution in [3.05, 3.63) is 0 Å². The Kier molecular flexibility index (Phi) is 3.04. The van der Waals surface area contributed by atoms with Gasteiger partial charge in [-0.05, 0) is 6.92 Å². The first-order valence-corrected chi connectivity index (χ1v) is 6.17. The molecule has 2 saturated heterocycles. The summed E-state index contributed by atoms with van der Waals surface area (Å²) in [6, 6.07) is -0.503. The van der Waals surface area contributed by atoms with E-state index in [0.717, 1.165) is 0 Å². The lowest BCUT2D eigenvalue weighted by Crippen LogP contribution is -2.65. The van der Waals surface area contributed by atoms with Gasteiger partial charge in [-0.2, -0.15) is 0 Å². The number of piperazine rings is 1. The van der Waals surface area contributed by atoms with Crippen molar-refractivity contribution in [3.63, 3.8) is 0 Å². The van der Waals surface area contributed by atoms with E-state index in [0.29, 0.717) is 6.54 Å². The topological polar surface area (TPSA) is 60.9 Å². The van der Waals surface area contributed by atoms with E-state index >= 15 is 0 Å². The summed E-state index contributed by atoms with van der Waals surface area (Å²) >= 11 is 0. The van der Waals surface area contributed by atoms with Crippen molar-refractivity contribution in [2.75, 3.05) is 20.6 Å². The van der Waals surface area contributed by atoms with Gasteiger partial charge in [0, 0.05) is 26.4 Å². The SMILES string of the molecule is CC1CC(=O)N(C)C2CN(C)C(=O)C(C)N2C1=O. The largest absolute Gasteiger partial charge is 0.340 e. The van der Waals surface area contributed by atoms with Crippen molar-refractivity contribution in [2.24, 2.45) is 5.92 Å². The normalized spacial score (nSPS) is 33.7. The summed E-state index contributed by atoms with van der Waals surface area (Å²) < 4.78 is 0. The van der Waals surface area contributed by atoms with Crippen LogP contribution < -0.4 is 0 Å². The summed E-state index contributed by atoms with van der Waals surface area (Å²) in [5.41, 5.74) is 0. The molecule has 2 aliphatic heterocycles. The zero-order valence-corrected chi connectivity index (χ0v) is 11.2. The molecule has 18 heavy (non-hydrogen) atoms. The van der Waals surface area contributed by atoms with Crippen molar-refractivity contribution < 1.29 is 14.4 Å². The van der Waals surface area contributed by atoms with Crippen LogP contribution in [0.4, 0.5) is 0 Å². The number of fused-ring (bicyclic) bond motifs is 1. The molecule has 0 N–H and O–H groups in total. The van der Waals surface area contributed by atoms with Crippen LogP contribution >= 0.6 is 0 Å². The van der Waals surface area contributed by atoms with Gasteiger partial charge in [0.15, 0.2) is 0 Å². The van der Waals surface area contributed by atoms with Crippen molar-refractivity contribution in [1.29, 1.82) is 0 Å². The standard InChI is InChI=1S/C12H19N3O3/c1-7-5-10(16)14(4)9-6-13(3)12(18)8(2)15(9)11(7)17/h7-9H,5-6H2,1-4H3. The highest BCUT2D eigenvalue weighted by molar-refractivity contribution is 5.93. The van der Waals surface area contributed by atoms with Crippen LogP contribution in [0.5, 0.6) is 0 Å². The quantitative estimate of drug-likeness (QED) is 0.585. The van der Waals surface area contributed by atoms with Gasteiger partial charge in [0.05, 0.1) is 6.54 Å². The van der Waals surface area contributed by atoms with E-state index in [-0.39, 0.29) is 36.2 Å². The Hall–Kier alpha value is -1.59. The first-order valence-electron chi connectivity index (χ1n) is 6.17. The van der Waals surface area contributed by atoms with Crippen molar-refractivity contribution >= 4 is 17.7 Å². The van der Waals surface area contributed by atoms with Crippen molar-refractivity contribution in [2.45, 2.75) is 32.5 Å². The lowest BCUT2D eigenvalue weighted by atomic mass is 10.0. The third kappa shape index (κ3) is 1.76. The summed E-state index contributed by atoms with van der Waals surface area (Å²) in [6.07, 6.45) is -0.125. The molecule has 0 spiro atoms. The Labute approximate surface area is 107 Å². The summed E-state index contributed by atoms with van der Waals surface area (Å²) in [4.78, 5) is 41.0. The molecule has 100 valence electrons. The molecule has 3 atom stereocenters. The first-order chi connectivity index (χ1) is 8.34. The fourth-order valence-electron chi connectivity index (χ4n) is 2.68. The molecule has 0 aliphatic carbocycles. The molecule has 6 heteroatoms. The molecule has 0 aromatic rings. The predicted octanol–water partition coefficient (Wildman–Crippen LogP) is -0.500. The summed E-state index contributed by atoms with van der Waals surface area (Å²) in [7, 11) is 3.40. The van der Waals surface area contributed by atoms with Gasteiger partial charge in [0.2, 0.25) is 17.7 Å². The molecule has 0 radical (unpaired) electrons. The Bertz CT molecular complexity index is 409. The van der Waals surface area contributed by atoms with Gasteiger partial charge in [0.1, 0.15) is 12.2 Å². The molecule has 2 aliphatic rings. The molecule has 3 amide bonds. The maximum absolute atomic E-state index is 12.3. The fourth-order valence-corrected chi connectivity index (χ4v) is 2.68. The van der Waals surface area contributed by atoms with Crippen LogP contribution in [0.25, 0.3) is 0 Å². The zero-order chi connectivity index (χ0) is 13.6. The van der Waals surface area contributed by atoms with Crippen molar-refractivity contribution in [3.8, 4) is 0 Å². The lowest BCUT2D eigenvalue weighted by Gasteiger charge is -2.46. The van der Waals surface area contributed by atoms with Crippen LogP contribution in [-0.2, 0) is 14.4 Å². The number of hydrogen-bond acceptors (Lipinski definition) is 3. The van der Waals surface area contributed by atoms with Gasteiger partial charge in [-0.3, -0.25) is 14.4 Å². The molecule has 2 heterocycles. The molecule has 0 aromatic carbocycles. The number of nitrogens with zero attached hydrogens (tertiary/aromatic N) is 3. The summed E-state index contributed by atoms with van der Waals surface area (Å²) in [6.45, 7) is 3.84. The van der Waals surface area contributed by atoms with Crippen LogP contribution in [0.1, 0.15) is 20.3 Å². The molecular weight excluding hydrogens is 234 g/mol. The molecule has 3 unspecified atom stereocenters. The number of carbonyl (C=O) groups excluding carboxylic acids is 3. The first kappa shape index (κ1) is 12.9. The molecule has 2 rings (SSSR count). The summed E-state index contributed by atoms with van der Waals surface area (Å²) in [5.74, 6) is -0.580. The molecule has 2 fully saturated rings. The Balaban J connectivity index is 2.41. The average Bonchev–Trinajstić information content (AvgIpc) is 2.39. The highest BCUT2D eigenvalue weighted by Gasteiger charge is 2.45. The lowest BCUT2D eigenvalue weighted by molar-refractivity contribution is -0.161. The van der Waals surface area contributed by atoms with E-state index in [4.69, 9.17) is 0 Å². The molecular formula is C12H19N3O3. The molecule has 0 saturated carbocycles. The predicted molar refractivity (Wildman–Crippen MR) is 64.3 cm³/mol. The van der Waals surface area contributed by atoms with E-state index < -0.39 is 6.04 Å². The van der Waals surface area contributed by atoms with Gasteiger partial charge in [0.25, 0.3) is 0 Å². The van der Waals surface area contributed by atoms with Gasteiger partial charge in [-0.15, -0.1) is 0 Å². The van der Waals surface area contributed by atoms with Crippen LogP contribution in [-0.4, -0.2) is 65.3 Å². The Morgan fingerprint density at radius 2 is 1.67 bits per heavy atom. The minimum Gasteiger partial charge on any atom is -0.340 e. The molecule has 6 nitrogen and oxygen atoms in total. The highest BCUT2D eigenvalue weighted by Crippen LogP contribution is 2.26. The maximum atomic E-state index is 12.3. The third-order valence-electron chi connectivity index (χ3n) is 3.91. The van der Waals surface area contributed by atoms with E-state index in [1.165, 1.54) is 0 Å². The molecule has 0 aromatic heterocycles. The second kappa shape index (κ2) is 4.26.